The van der Waals surface area contributed by atoms with Crippen LogP contribution in [0.4, 0.5) is 9.93 Å². The lowest BCUT2D eigenvalue weighted by Gasteiger charge is -2.10. The highest BCUT2D eigenvalue weighted by atomic mass is 32.2. The summed E-state index contributed by atoms with van der Waals surface area (Å²) in [6.45, 7) is 3.99. The fourth-order valence-corrected chi connectivity index (χ4v) is 4.16. The van der Waals surface area contributed by atoms with Crippen LogP contribution in [-0.4, -0.2) is 42.2 Å². The maximum atomic E-state index is 11.7. The van der Waals surface area contributed by atoms with Gasteiger partial charge < -0.3 is 5.32 Å². The van der Waals surface area contributed by atoms with Crippen LogP contribution < -0.4 is 10.6 Å². The summed E-state index contributed by atoms with van der Waals surface area (Å²) in [4.78, 5) is 11.7. The highest BCUT2D eigenvalue weighted by Crippen LogP contribution is 2.22. The van der Waals surface area contributed by atoms with Crippen LogP contribution in [0.25, 0.3) is 0 Å². The topological polar surface area (TPSA) is 101 Å². The third kappa shape index (κ3) is 3.87. The molecule has 1 atom stereocenters. The van der Waals surface area contributed by atoms with E-state index in [9.17, 15) is 13.2 Å². The second-order valence-electron chi connectivity index (χ2n) is 4.80. The Morgan fingerprint density at radius 1 is 1.42 bits per heavy atom. The molecule has 0 radical (unpaired) electrons. The molecule has 19 heavy (non-hydrogen) atoms. The molecule has 7 nitrogen and oxygen atoms in total. The van der Waals surface area contributed by atoms with E-state index in [2.05, 4.69) is 20.8 Å². The minimum Gasteiger partial charge on any atom is -0.334 e. The van der Waals surface area contributed by atoms with Crippen LogP contribution in [0, 0.1) is 0 Å². The molecule has 0 aliphatic carbocycles. The van der Waals surface area contributed by atoms with Gasteiger partial charge in [0, 0.05) is 12.0 Å². The Bertz CT molecular complexity index is 567. The first kappa shape index (κ1) is 14.2. The number of aromatic nitrogens is 2. The van der Waals surface area contributed by atoms with Gasteiger partial charge in [-0.15, -0.1) is 10.2 Å². The van der Waals surface area contributed by atoms with E-state index in [0.29, 0.717) is 11.6 Å². The van der Waals surface area contributed by atoms with E-state index < -0.39 is 15.9 Å². The molecule has 0 aromatic carbocycles. The Hall–Kier alpha value is -1.22. The van der Waals surface area contributed by atoms with Gasteiger partial charge in [-0.3, -0.25) is 5.32 Å². The van der Waals surface area contributed by atoms with Gasteiger partial charge in [0.15, 0.2) is 9.84 Å². The fraction of sp³-hybridized carbons (Fsp3) is 0.700. The molecule has 0 bridgehead atoms. The summed E-state index contributed by atoms with van der Waals surface area (Å²) in [5.74, 6) is 0.401. The average Bonchev–Trinajstić information content (AvgIpc) is 2.85. The van der Waals surface area contributed by atoms with Crippen molar-refractivity contribution in [1.82, 2.24) is 15.5 Å². The third-order valence-corrected chi connectivity index (χ3v) is 5.63. The summed E-state index contributed by atoms with van der Waals surface area (Å²) in [6, 6.07) is -0.754. The van der Waals surface area contributed by atoms with E-state index in [-0.39, 0.29) is 23.5 Å². The molecule has 1 aromatic heterocycles. The van der Waals surface area contributed by atoms with E-state index in [4.69, 9.17) is 0 Å². The van der Waals surface area contributed by atoms with Gasteiger partial charge in [0.2, 0.25) is 5.13 Å². The molecular weight excluding hydrogens is 288 g/mol. The highest BCUT2D eigenvalue weighted by molar-refractivity contribution is 7.91. The Labute approximate surface area is 115 Å². The Morgan fingerprint density at radius 2 is 2.16 bits per heavy atom. The maximum absolute atomic E-state index is 11.7. The van der Waals surface area contributed by atoms with E-state index in [1.807, 2.05) is 13.8 Å². The van der Waals surface area contributed by atoms with Crippen LogP contribution in [0.2, 0.25) is 0 Å². The molecule has 1 aliphatic heterocycles. The smallest absolute Gasteiger partial charge is 0.321 e. The number of amides is 2. The number of sulfone groups is 1. The number of anilines is 1. The van der Waals surface area contributed by atoms with Gasteiger partial charge in [-0.1, -0.05) is 25.2 Å². The van der Waals surface area contributed by atoms with Crippen molar-refractivity contribution in [2.45, 2.75) is 32.2 Å². The molecule has 2 amide bonds. The molecule has 2 heterocycles. The van der Waals surface area contributed by atoms with Crippen molar-refractivity contribution in [1.29, 1.82) is 0 Å². The second kappa shape index (κ2) is 5.41. The molecule has 1 saturated heterocycles. The lowest BCUT2D eigenvalue weighted by Crippen LogP contribution is -2.38. The summed E-state index contributed by atoms with van der Waals surface area (Å²) in [5.41, 5.74) is 0. The summed E-state index contributed by atoms with van der Waals surface area (Å²) >= 11 is 1.31. The molecule has 2 N–H and O–H groups in total. The number of nitrogens with zero attached hydrogens (tertiary/aromatic N) is 2. The van der Waals surface area contributed by atoms with Crippen molar-refractivity contribution < 1.29 is 13.2 Å². The maximum Gasteiger partial charge on any atom is 0.321 e. The van der Waals surface area contributed by atoms with E-state index in [0.717, 1.165) is 5.01 Å². The number of hydrogen-bond acceptors (Lipinski definition) is 6. The zero-order valence-electron chi connectivity index (χ0n) is 10.7. The highest BCUT2D eigenvalue weighted by Gasteiger charge is 2.29. The van der Waals surface area contributed by atoms with Crippen LogP contribution in [0.5, 0.6) is 0 Å². The lowest BCUT2D eigenvalue weighted by molar-refractivity contribution is 0.249. The molecule has 1 aliphatic rings. The molecule has 9 heteroatoms. The Morgan fingerprint density at radius 3 is 2.68 bits per heavy atom. The van der Waals surface area contributed by atoms with E-state index in [1.165, 1.54) is 11.3 Å². The number of carbonyl (C=O) groups excluding carboxylic acids is 1. The monoisotopic (exact) mass is 304 g/mol. The first-order valence-corrected chi connectivity index (χ1v) is 8.61. The van der Waals surface area contributed by atoms with Crippen LogP contribution >= 0.6 is 11.3 Å². The first-order chi connectivity index (χ1) is 8.85. The molecule has 2 rings (SSSR count). The molecule has 0 spiro atoms. The van der Waals surface area contributed by atoms with Gasteiger partial charge in [-0.2, -0.15) is 0 Å². The minimum absolute atomic E-state index is 0.00772. The number of nitrogens with one attached hydrogen (secondary N) is 2. The Kier molecular flexibility index (Phi) is 4.04. The van der Waals surface area contributed by atoms with Gasteiger partial charge >= 0.3 is 6.03 Å². The summed E-state index contributed by atoms with van der Waals surface area (Å²) in [5, 5.41) is 14.3. The van der Waals surface area contributed by atoms with Gasteiger partial charge in [0.1, 0.15) is 5.01 Å². The largest absolute Gasteiger partial charge is 0.334 e. The molecule has 0 unspecified atom stereocenters. The molecule has 1 fully saturated rings. The van der Waals surface area contributed by atoms with Gasteiger partial charge in [0.05, 0.1) is 11.5 Å². The van der Waals surface area contributed by atoms with Crippen LogP contribution in [-0.2, 0) is 9.84 Å². The molecule has 0 saturated carbocycles. The van der Waals surface area contributed by atoms with Crippen molar-refractivity contribution >= 4 is 32.3 Å². The van der Waals surface area contributed by atoms with Gasteiger partial charge in [-0.05, 0) is 6.42 Å². The van der Waals surface area contributed by atoms with Crippen molar-refractivity contribution in [3.63, 3.8) is 0 Å². The van der Waals surface area contributed by atoms with E-state index >= 15 is 0 Å². The van der Waals surface area contributed by atoms with Crippen molar-refractivity contribution in [3.8, 4) is 0 Å². The Balaban J connectivity index is 1.87. The molecular formula is C10H16N4O3S2. The van der Waals surface area contributed by atoms with E-state index in [1.54, 1.807) is 0 Å². The summed E-state index contributed by atoms with van der Waals surface area (Å²) in [7, 11) is -2.99. The third-order valence-electron chi connectivity index (χ3n) is 2.72. The van der Waals surface area contributed by atoms with Crippen LogP contribution in [0.3, 0.4) is 0 Å². The zero-order chi connectivity index (χ0) is 14.0. The second-order valence-corrected chi connectivity index (χ2v) is 8.04. The normalized spacial score (nSPS) is 21.5. The number of rotatable bonds is 3. The zero-order valence-corrected chi connectivity index (χ0v) is 12.3. The average molecular weight is 304 g/mol. The lowest BCUT2D eigenvalue weighted by atomic mass is 10.2. The van der Waals surface area contributed by atoms with Crippen molar-refractivity contribution in [2.75, 3.05) is 16.8 Å². The number of hydrogen-bond donors (Lipinski definition) is 2. The number of urea groups is 1. The summed E-state index contributed by atoms with van der Waals surface area (Å²) < 4.78 is 22.5. The van der Waals surface area contributed by atoms with Gasteiger partial charge in [0.25, 0.3) is 0 Å². The first-order valence-electron chi connectivity index (χ1n) is 5.97. The minimum atomic E-state index is -2.99. The quantitative estimate of drug-likeness (QED) is 0.866. The predicted molar refractivity (Wildman–Crippen MR) is 73.2 cm³/mol. The predicted octanol–water partition coefficient (Wildman–Crippen LogP) is 0.970. The van der Waals surface area contributed by atoms with Crippen molar-refractivity contribution in [3.05, 3.63) is 5.01 Å². The van der Waals surface area contributed by atoms with Crippen molar-refractivity contribution in [2.24, 2.45) is 0 Å². The van der Waals surface area contributed by atoms with Gasteiger partial charge in [-0.25, -0.2) is 13.2 Å². The van der Waals surface area contributed by atoms with Crippen LogP contribution in [0.15, 0.2) is 0 Å². The summed E-state index contributed by atoms with van der Waals surface area (Å²) in [6.07, 6.45) is 0.461. The SMILES string of the molecule is CC(C)c1nnc(NC(=O)N[C@H]2CCS(=O)(=O)C2)s1. The number of carbonyl (C=O) groups is 1. The standard InChI is InChI=1S/C10H16N4O3S2/c1-6(2)8-13-14-10(18-8)12-9(15)11-7-3-4-19(16,17)5-7/h6-7H,3-5H2,1-2H3,(H2,11,12,14,15)/t7-/m0/s1. The fourth-order valence-electron chi connectivity index (χ4n) is 1.75. The molecule has 1 aromatic rings. The van der Waals surface area contributed by atoms with Crippen LogP contribution in [0.1, 0.15) is 31.2 Å². The molecule has 106 valence electrons.